The number of para-hydroxylation sites is 2. The number of nitrogens with zero attached hydrogens (tertiary/aromatic N) is 3. The van der Waals surface area contributed by atoms with E-state index < -0.39 is 66.6 Å². The standard InChI is InChI=1S/C27H33F2NO4S.C27H31F2NO4S.C18H20BNO.C6H4BO2.CH4/c2*1-19(8-6-11-20-9-4-3-5-10-20)23(31)15-13-21-18-27(28,29)26(33)30(21)17-7-12-22-14-16-24(35-22)25(32)34-2;1-19-20-14-8-13-17(20)18(21-19,15-9-4-2-5-10-15)16-11-6-3-7-12-16;1-2-4-6-5(3-1)8-7-9-6;/h3-5,9-10,13-16,19,21,23,31H,6-8,11-12,17-18H2,1-2H3;3-5,9-10,13-16,19,21H,6-8,11-12,17-18H2,1-2H3;2-7,9-12,17H,8,13-14H2,1H3;1-4H;1H4/b2*15-13+;;;/t19-,21-,23+;19-,21-;17-;;/m001../s1. The average Bonchev–Trinajstić information content (AvgIpc) is 1.58. The molecule has 12 rings (SSSR count). The lowest BCUT2D eigenvalue weighted by Crippen LogP contribution is -2.41. The normalized spacial score (nSPS) is 19.2. The Balaban J connectivity index is 0.000000184. The number of aliphatic hydroxyl groups is 1. The highest BCUT2D eigenvalue weighted by Crippen LogP contribution is 2.49. The summed E-state index contributed by atoms with van der Waals surface area (Å²) in [5, 5.41) is 10.5. The van der Waals surface area contributed by atoms with Crippen LogP contribution in [-0.4, -0.2) is 134 Å². The summed E-state index contributed by atoms with van der Waals surface area (Å²) in [5.41, 5.74) is 4.69. The molecular formula is C79H92B2F4N3O11S2. The van der Waals surface area contributed by atoms with Gasteiger partial charge in [-0.05, 0) is 161 Å². The van der Waals surface area contributed by atoms with Crippen molar-refractivity contribution in [3.8, 4) is 11.5 Å². The van der Waals surface area contributed by atoms with E-state index in [1.54, 1.807) is 30.4 Å². The van der Waals surface area contributed by atoms with E-state index in [0.29, 0.717) is 47.9 Å². The van der Waals surface area contributed by atoms with Crippen molar-refractivity contribution in [3.63, 3.8) is 0 Å². The number of carbonyl (C=O) groups is 5. The zero-order chi connectivity index (χ0) is 71.2. The molecule has 6 atom stereocenters. The zero-order valence-electron chi connectivity index (χ0n) is 57.3. The van der Waals surface area contributed by atoms with Crippen LogP contribution in [0.5, 0.6) is 11.5 Å². The van der Waals surface area contributed by atoms with Crippen LogP contribution in [0.4, 0.5) is 17.6 Å². The number of ketones is 1. The number of thiophene rings is 2. The third kappa shape index (κ3) is 21.0. The molecule has 7 aromatic rings. The number of hydrogen-bond donors (Lipinski definition) is 1. The fourth-order valence-electron chi connectivity index (χ4n) is 13.4. The zero-order valence-corrected chi connectivity index (χ0v) is 58.9. The first-order valence-corrected chi connectivity index (χ1v) is 36.0. The van der Waals surface area contributed by atoms with E-state index in [-0.39, 0.29) is 50.8 Å². The summed E-state index contributed by atoms with van der Waals surface area (Å²) in [6, 6.07) is 55.0. The number of carbonyl (C=O) groups excluding carboxylic acids is 5. The smallest absolute Gasteiger partial charge is 0.524 e. The number of halogens is 4. The van der Waals surface area contributed by atoms with Gasteiger partial charge < -0.3 is 43.2 Å². The van der Waals surface area contributed by atoms with Crippen molar-refractivity contribution in [1.82, 2.24) is 14.6 Å². The van der Waals surface area contributed by atoms with Crippen LogP contribution in [0.25, 0.3) is 0 Å². The van der Waals surface area contributed by atoms with Gasteiger partial charge >= 0.3 is 38.5 Å². The van der Waals surface area contributed by atoms with E-state index in [4.69, 9.17) is 23.4 Å². The fraction of sp³-hybridized carbons (Fsp3) is 0.405. The van der Waals surface area contributed by atoms with Crippen LogP contribution in [0.2, 0.25) is 6.82 Å². The Labute approximate surface area is 601 Å². The molecule has 1 N–H and O–H groups in total. The molecule has 2 amide bonds. The topological polar surface area (TPSA) is 161 Å². The molecule has 2 aromatic heterocycles. The van der Waals surface area contributed by atoms with E-state index in [1.807, 2.05) is 80.6 Å². The van der Waals surface area contributed by atoms with Crippen molar-refractivity contribution in [1.29, 1.82) is 0 Å². The quantitative estimate of drug-likeness (QED) is 0.0180. The van der Waals surface area contributed by atoms with E-state index >= 15 is 0 Å². The number of alkyl halides is 4. The predicted molar refractivity (Wildman–Crippen MR) is 391 cm³/mol. The molecule has 0 aliphatic carbocycles. The number of esters is 2. The molecule has 22 heteroatoms. The number of allylic oxidation sites excluding steroid dienone is 1. The van der Waals surface area contributed by atoms with Crippen molar-refractivity contribution in [2.45, 2.75) is 160 Å². The van der Waals surface area contributed by atoms with Crippen LogP contribution in [0.3, 0.4) is 0 Å². The lowest BCUT2D eigenvalue weighted by atomic mass is 9.79. The number of methoxy groups -OCH3 is 2. The Hall–Kier alpha value is -8.14. The minimum atomic E-state index is -3.43. The summed E-state index contributed by atoms with van der Waals surface area (Å²) >= 11 is 2.59. The molecule has 0 spiro atoms. The summed E-state index contributed by atoms with van der Waals surface area (Å²) in [6.07, 6.45) is 13.6. The number of rotatable bonds is 26. The van der Waals surface area contributed by atoms with Crippen LogP contribution in [-0.2, 0) is 59.8 Å². The molecule has 0 unspecified atom stereocenters. The van der Waals surface area contributed by atoms with Gasteiger partial charge in [-0.2, -0.15) is 17.6 Å². The van der Waals surface area contributed by atoms with Crippen LogP contribution < -0.4 is 9.31 Å². The second-order valence-electron chi connectivity index (χ2n) is 25.8. The van der Waals surface area contributed by atoms with Gasteiger partial charge in [0.25, 0.3) is 11.8 Å². The van der Waals surface area contributed by atoms with E-state index in [1.165, 1.54) is 102 Å². The Morgan fingerprint density at radius 3 is 1.54 bits per heavy atom. The monoisotopic (exact) mass is 1420 g/mol. The first-order chi connectivity index (χ1) is 48.2. The lowest BCUT2D eigenvalue weighted by molar-refractivity contribution is -0.148. The number of fused-ring (bicyclic) bond motifs is 2. The summed E-state index contributed by atoms with van der Waals surface area (Å²) < 4.78 is 82.6. The third-order valence-electron chi connectivity index (χ3n) is 18.8. The number of likely N-dealkylation sites (tertiary alicyclic amines) is 2. The van der Waals surface area contributed by atoms with Gasteiger partial charge in [0.15, 0.2) is 5.78 Å². The largest absolute Gasteiger partial charge is 0.658 e. The van der Waals surface area contributed by atoms with Crippen LogP contribution in [0.15, 0.2) is 194 Å². The fourth-order valence-corrected chi connectivity index (χ4v) is 15.3. The maximum Gasteiger partial charge on any atom is 0.658 e. The minimum Gasteiger partial charge on any atom is -0.524 e. The van der Waals surface area contributed by atoms with Crippen molar-refractivity contribution in [3.05, 3.63) is 236 Å². The molecule has 4 fully saturated rings. The average molecular weight is 1420 g/mol. The lowest BCUT2D eigenvalue weighted by Gasteiger charge is -2.36. The first kappa shape index (κ1) is 78.6. The highest BCUT2D eigenvalue weighted by atomic mass is 32.1. The Kier molecular flexibility index (Phi) is 29.3. The minimum absolute atomic E-state index is 0. The third-order valence-corrected chi connectivity index (χ3v) is 21.1. The predicted octanol–water partition coefficient (Wildman–Crippen LogP) is 15.9. The summed E-state index contributed by atoms with van der Waals surface area (Å²) in [6.45, 7) is 7.44. The van der Waals surface area contributed by atoms with Gasteiger partial charge in [-0.1, -0.05) is 173 Å². The van der Waals surface area contributed by atoms with Gasteiger partial charge in [-0.25, -0.2) is 9.59 Å². The Bertz CT molecular complexity index is 3770. The number of ether oxygens (including phenoxy) is 2. The SMILES string of the molecule is C.CB1OC(c2ccccc2)(c2ccccc2)[C@H]2CCCN12.COC(=O)c1ccc(CCCN2C(=O)C(F)(F)C[C@@H]2/C=C/C(=O)[C@@H](C)CCCc2ccccc2)s1.COC(=O)c1ccc(CCCN2C(=O)C(F)(F)C[C@@H]2/C=C/[C@@H](O)[C@@H](C)CCCc2ccccc2)s1.[B]1Oc2ccccc2O1. The van der Waals surface area contributed by atoms with Crippen LogP contribution in [0, 0.1) is 11.8 Å². The summed E-state index contributed by atoms with van der Waals surface area (Å²) in [5.74, 6) is -8.80. The van der Waals surface area contributed by atoms with Crippen molar-refractivity contribution in [2.75, 3.05) is 33.9 Å². The molecule has 5 aliphatic heterocycles. The van der Waals surface area contributed by atoms with E-state index in [9.17, 15) is 46.6 Å². The van der Waals surface area contributed by atoms with Crippen molar-refractivity contribution in [2.24, 2.45) is 11.8 Å². The number of amides is 2. The Morgan fingerprint density at radius 1 is 0.624 bits per heavy atom. The van der Waals surface area contributed by atoms with Crippen LogP contribution in [0.1, 0.15) is 137 Å². The second kappa shape index (κ2) is 37.7. The number of hydrogen-bond acceptors (Lipinski definition) is 14. The van der Waals surface area contributed by atoms with Gasteiger partial charge in [0.05, 0.1) is 32.4 Å². The maximum atomic E-state index is 14.2. The van der Waals surface area contributed by atoms with Gasteiger partial charge in [-0.15, -0.1) is 22.7 Å². The highest BCUT2D eigenvalue weighted by Gasteiger charge is 2.57. The molecule has 535 valence electrons. The molecule has 5 aliphatic rings. The molecule has 4 saturated heterocycles. The maximum absolute atomic E-state index is 14.2. The van der Waals surface area contributed by atoms with Gasteiger partial charge in [0.2, 0.25) is 0 Å². The molecular weight excluding hydrogens is 1330 g/mol. The van der Waals surface area contributed by atoms with Crippen molar-refractivity contribution < 1.29 is 70.1 Å². The van der Waals surface area contributed by atoms with Crippen LogP contribution >= 0.6 is 22.7 Å². The summed E-state index contributed by atoms with van der Waals surface area (Å²) in [4.78, 5) is 68.0. The molecule has 5 aromatic carbocycles. The van der Waals surface area contributed by atoms with E-state index in [2.05, 4.69) is 96.6 Å². The summed E-state index contributed by atoms with van der Waals surface area (Å²) in [7, 11) is 4.13. The molecule has 14 nitrogen and oxygen atoms in total. The molecule has 7 heterocycles. The highest BCUT2D eigenvalue weighted by molar-refractivity contribution is 7.14. The molecule has 0 saturated carbocycles. The van der Waals surface area contributed by atoms with Gasteiger partial charge in [0, 0.05) is 47.6 Å². The van der Waals surface area contributed by atoms with E-state index in [0.717, 1.165) is 59.9 Å². The number of benzene rings is 5. The number of aliphatic hydroxyl groups excluding tert-OH is 1. The second-order valence-corrected chi connectivity index (χ2v) is 28.1. The van der Waals surface area contributed by atoms with Gasteiger partial charge in [0.1, 0.15) is 26.9 Å². The molecule has 1 radical (unpaired) electrons. The number of aryl methyl sites for hydroxylation is 4. The first-order valence-electron chi connectivity index (χ1n) is 34.4. The Morgan fingerprint density at radius 2 is 1.07 bits per heavy atom. The van der Waals surface area contributed by atoms with Gasteiger partial charge in [-0.3, -0.25) is 14.4 Å². The molecule has 0 bridgehead atoms. The van der Waals surface area contributed by atoms with Crippen molar-refractivity contribution >= 4 is 66.9 Å². The molecule has 101 heavy (non-hydrogen) atoms.